The van der Waals surface area contributed by atoms with E-state index < -0.39 is 17.7 Å². The minimum atomic E-state index is -1.34. The number of carboxylic acids is 1. The maximum absolute atomic E-state index is 13.5. The topological polar surface area (TPSA) is 67.7 Å². The van der Waals surface area contributed by atoms with Crippen molar-refractivity contribution in [2.75, 3.05) is 0 Å². The van der Waals surface area contributed by atoms with Crippen molar-refractivity contribution in [2.24, 2.45) is 0 Å². The molecule has 0 bridgehead atoms. The van der Waals surface area contributed by atoms with Gasteiger partial charge in [0.15, 0.2) is 11.4 Å². The zero-order chi connectivity index (χ0) is 12.4. The molecule has 84 valence electrons. The zero-order valence-electron chi connectivity index (χ0n) is 8.35. The van der Waals surface area contributed by atoms with E-state index in [0.29, 0.717) is 0 Å². The highest BCUT2D eigenvalue weighted by Gasteiger charge is 2.15. The van der Waals surface area contributed by atoms with Gasteiger partial charge in [-0.05, 0) is 12.1 Å². The molecule has 0 fully saturated rings. The predicted octanol–water partition coefficient (Wildman–Crippen LogP) is 2.73. The van der Waals surface area contributed by atoms with Crippen molar-refractivity contribution in [3.63, 3.8) is 0 Å². The van der Waals surface area contributed by atoms with Gasteiger partial charge in [-0.2, -0.15) is 0 Å². The summed E-state index contributed by atoms with van der Waals surface area (Å²) in [4.78, 5) is 17.2. The van der Waals surface area contributed by atoms with Crippen LogP contribution in [0.1, 0.15) is 10.7 Å². The standard InChI is InChI=1S/C11H5FN2O3/c1-13-6-2-3-8(12)7(4-6)9-5-14-10(17-9)11(15)16/h2-5H,(H,15,16). The van der Waals surface area contributed by atoms with Crippen LogP contribution >= 0.6 is 0 Å². The molecule has 0 aliphatic carbocycles. The molecule has 0 aliphatic heterocycles. The second kappa shape index (κ2) is 4.06. The summed E-state index contributed by atoms with van der Waals surface area (Å²) < 4.78 is 18.3. The Morgan fingerprint density at radius 1 is 1.53 bits per heavy atom. The average Bonchev–Trinajstić information content (AvgIpc) is 2.79. The van der Waals surface area contributed by atoms with Crippen LogP contribution in [0.15, 0.2) is 28.8 Å². The molecular weight excluding hydrogens is 227 g/mol. The molecule has 0 amide bonds. The van der Waals surface area contributed by atoms with Gasteiger partial charge in [-0.3, -0.25) is 0 Å². The molecule has 0 spiro atoms. The van der Waals surface area contributed by atoms with Crippen molar-refractivity contribution in [1.29, 1.82) is 0 Å². The van der Waals surface area contributed by atoms with Gasteiger partial charge >= 0.3 is 11.9 Å². The van der Waals surface area contributed by atoms with Gasteiger partial charge in [-0.1, -0.05) is 6.07 Å². The van der Waals surface area contributed by atoms with Crippen LogP contribution in [0.25, 0.3) is 16.2 Å². The van der Waals surface area contributed by atoms with Crippen LogP contribution in [-0.2, 0) is 0 Å². The number of carboxylic acid groups (broad SMARTS) is 1. The summed E-state index contributed by atoms with van der Waals surface area (Å²) in [5.41, 5.74) is 0.244. The van der Waals surface area contributed by atoms with E-state index in [1.165, 1.54) is 12.1 Å². The Hall–Kier alpha value is -2.68. The molecule has 0 aliphatic rings. The number of benzene rings is 1. The van der Waals surface area contributed by atoms with Crippen LogP contribution < -0.4 is 0 Å². The summed E-state index contributed by atoms with van der Waals surface area (Å²) in [6, 6.07) is 3.71. The van der Waals surface area contributed by atoms with Crippen LogP contribution in [0.3, 0.4) is 0 Å². The first-order valence-corrected chi connectivity index (χ1v) is 4.48. The van der Waals surface area contributed by atoms with Gasteiger partial charge in [0, 0.05) is 5.56 Å². The number of nitrogens with zero attached hydrogens (tertiary/aromatic N) is 2. The van der Waals surface area contributed by atoms with Crippen molar-refractivity contribution in [3.05, 3.63) is 47.5 Å². The van der Waals surface area contributed by atoms with E-state index in [1.54, 1.807) is 0 Å². The molecule has 0 saturated carbocycles. The Morgan fingerprint density at radius 3 is 2.88 bits per heavy atom. The second-order valence-electron chi connectivity index (χ2n) is 3.11. The average molecular weight is 232 g/mol. The third kappa shape index (κ3) is 1.99. The molecule has 6 heteroatoms. The monoisotopic (exact) mass is 232 g/mol. The van der Waals surface area contributed by atoms with Crippen molar-refractivity contribution in [2.45, 2.75) is 0 Å². The van der Waals surface area contributed by atoms with Gasteiger partial charge in [0.1, 0.15) is 5.82 Å². The molecule has 2 aromatic rings. The van der Waals surface area contributed by atoms with Gasteiger partial charge in [-0.25, -0.2) is 19.0 Å². The number of aromatic nitrogens is 1. The number of hydrogen-bond donors (Lipinski definition) is 1. The Morgan fingerprint density at radius 2 is 2.29 bits per heavy atom. The molecule has 5 nitrogen and oxygen atoms in total. The number of hydrogen-bond acceptors (Lipinski definition) is 3. The molecule has 1 aromatic heterocycles. The minimum Gasteiger partial charge on any atom is -0.474 e. The quantitative estimate of drug-likeness (QED) is 0.808. The first-order chi connectivity index (χ1) is 8.11. The van der Waals surface area contributed by atoms with Gasteiger partial charge < -0.3 is 9.52 Å². The molecular formula is C11H5FN2O3. The number of carbonyl (C=O) groups is 1. The first kappa shape index (κ1) is 10.8. The van der Waals surface area contributed by atoms with Crippen molar-refractivity contribution in [3.8, 4) is 11.3 Å². The summed E-state index contributed by atoms with van der Waals surface area (Å²) >= 11 is 0. The summed E-state index contributed by atoms with van der Waals surface area (Å²) in [6.45, 7) is 6.81. The van der Waals surface area contributed by atoms with Crippen molar-refractivity contribution < 1.29 is 18.7 Å². The number of rotatable bonds is 2. The third-order valence-electron chi connectivity index (χ3n) is 2.03. The normalized spacial score (nSPS) is 9.88. The molecule has 0 saturated heterocycles. The van der Waals surface area contributed by atoms with E-state index in [0.717, 1.165) is 12.3 Å². The lowest BCUT2D eigenvalue weighted by Crippen LogP contribution is -1.94. The lowest BCUT2D eigenvalue weighted by atomic mass is 10.1. The van der Waals surface area contributed by atoms with E-state index in [4.69, 9.17) is 16.1 Å². The Kier molecular flexibility index (Phi) is 2.58. The molecule has 0 atom stereocenters. The fourth-order valence-corrected chi connectivity index (χ4v) is 1.27. The summed E-state index contributed by atoms with van der Waals surface area (Å²) in [6.07, 6.45) is 1.11. The number of oxazole rings is 1. The highest BCUT2D eigenvalue weighted by atomic mass is 19.1. The predicted molar refractivity (Wildman–Crippen MR) is 55.1 cm³/mol. The van der Waals surface area contributed by atoms with Crippen LogP contribution in [0.2, 0.25) is 0 Å². The smallest absolute Gasteiger partial charge is 0.392 e. The molecule has 2 rings (SSSR count). The Labute approximate surface area is 95.0 Å². The summed E-state index contributed by atoms with van der Waals surface area (Å²) in [5, 5.41) is 8.62. The van der Waals surface area contributed by atoms with Crippen LogP contribution in [-0.4, -0.2) is 16.1 Å². The molecule has 17 heavy (non-hydrogen) atoms. The van der Waals surface area contributed by atoms with Gasteiger partial charge in [-0.15, -0.1) is 0 Å². The molecule has 1 heterocycles. The van der Waals surface area contributed by atoms with Crippen LogP contribution in [0.5, 0.6) is 0 Å². The fraction of sp³-hybridized carbons (Fsp3) is 0. The lowest BCUT2D eigenvalue weighted by molar-refractivity contribution is 0.0654. The molecule has 1 N–H and O–H groups in total. The lowest BCUT2D eigenvalue weighted by Gasteiger charge is -1.98. The second-order valence-corrected chi connectivity index (χ2v) is 3.11. The van der Waals surface area contributed by atoms with Gasteiger partial charge in [0.2, 0.25) is 0 Å². The molecule has 1 aromatic carbocycles. The Bertz CT molecular complexity index is 628. The molecule has 0 radical (unpaired) electrons. The van der Waals surface area contributed by atoms with Crippen molar-refractivity contribution in [1.82, 2.24) is 4.98 Å². The van der Waals surface area contributed by atoms with E-state index in [-0.39, 0.29) is 17.0 Å². The first-order valence-electron chi connectivity index (χ1n) is 4.48. The maximum atomic E-state index is 13.5. The largest absolute Gasteiger partial charge is 0.474 e. The number of halogens is 1. The zero-order valence-corrected chi connectivity index (χ0v) is 8.35. The van der Waals surface area contributed by atoms with E-state index in [9.17, 15) is 9.18 Å². The van der Waals surface area contributed by atoms with Crippen LogP contribution in [0, 0.1) is 12.4 Å². The molecule has 0 unspecified atom stereocenters. The third-order valence-corrected chi connectivity index (χ3v) is 2.03. The summed E-state index contributed by atoms with van der Waals surface area (Å²) in [7, 11) is 0. The van der Waals surface area contributed by atoms with Gasteiger partial charge in [0.25, 0.3) is 0 Å². The maximum Gasteiger partial charge on any atom is 0.392 e. The number of aromatic carboxylic acids is 1. The highest BCUT2D eigenvalue weighted by Crippen LogP contribution is 2.27. The highest BCUT2D eigenvalue weighted by molar-refractivity contribution is 5.82. The summed E-state index contributed by atoms with van der Waals surface area (Å²) in [5.74, 6) is -2.48. The van der Waals surface area contributed by atoms with E-state index in [2.05, 4.69) is 9.83 Å². The fourth-order valence-electron chi connectivity index (χ4n) is 1.27. The van der Waals surface area contributed by atoms with Gasteiger partial charge in [0.05, 0.1) is 12.8 Å². The van der Waals surface area contributed by atoms with Crippen molar-refractivity contribution >= 4 is 11.7 Å². The van der Waals surface area contributed by atoms with E-state index in [1.807, 2.05) is 0 Å². The SMILES string of the molecule is [C-]#[N+]c1ccc(F)c(-c2cnc(C(=O)O)o2)c1. The van der Waals surface area contributed by atoms with Crippen LogP contribution in [0.4, 0.5) is 10.1 Å². The van der Waals surface area contributed by atoms with E-state index >= 15 is 0 Å². The minimum absolute atomic E-state index is 0.0125. The Balaban J connectivity index is 2.52.